The number of nitrogens with zero attached hydrogens (tertiary/aromatic N) is 6. The quantitative estimate of drug-likeness (QED) is 0.443. The zero-order valence-electron chi connectivity index (χ0n) is 19.3. The van der Waals surface area contributed by atoms with Crippen molar-refractivity contribution in [1.29, 1.82) is 0 Å². The molecule has 2 N–H and O–H groups in total. The third-order valence-electron chi connectivity index (χ3n) is 5.83. The van der Waals surface area contributed by atoms with E-state index in [2.05, 4.69) is 26.8 Å². The summed E-state index contributed by atoms with van der Waals surface area (Å²) in [5.41, 5.74) is 8.55. The second-order valence-electron chi connectivity index (χ2n) is 7.97. The molecule has 1 aliphatic rings. The lowest BCUT2D eigenvalue weighted by molar-refractivity contribution is -0.124. The van der Waals surface area contributed by atoms with E-state index >= 15 is 0 Å². The lowest BCUT2D eigenvalue weighted by atomic mass is 10.0. The van der Waals surface area contributed by atoms with Crippen molar-refractivity contribution in [3.63, 3.8) is 0 Å². The zero-order valence-corrected chi connectivity index (χ0v) is 19.3. The fourth-order valence-electron chi connectivity index (χ4n) is 4.18. The molecule has 10 heteroatoms. The van der Waals surface area contributed by atoms with Crippen LogP contribution >= 0.6 is 0 Å². The fraction of sp³-hybridized carbons (Fsp3) is 0.240. The Morgan fingerprint density at radius 3 is 2.77 bits per heavy atom. The summed E-state index contributed by atoms with van der Waals surface area (Å²) >= 11 is 0. The Morgan fingerprint density at radius 2 is 2.00 bits per heavy atom. The first-order chi connectivity index (χ1) is 17.1. The molecule has 0 aromatic carbocycles. The molecule has 1 fully saturated rings. The first kappa shape index (κ1) is 22.2. The number of pyridine rings is 2. The standard InChI is InChI=1S/C25H23N7O3/c1-3-4-22(33)31-12-9-16(15-31)23-20-8-11-28-25(26)32(20)24(30-23)19-6-5-18(14-29-19)35-21-13-17(34-2)7-10-27-21/h5-8,10-11,13-14,16H,9,12,15H2,1-2H3,(H2,26,28). The van der Waals surface area contributed by atoms with Crippen molar-refractivity contribution >= 4 is 17.4 Å². The Hall–Kier alpha value is -4.65. The number of hydrogen-bond donors (Lipinski definition) is 1. The maximum Gasteiger partial charge on any atom is 0.298 e. The Morgan fingerprint density at radius 1 is 1.14 bits per heavy atom. The van der Waals surface area contributed by atoms with E-state index in [0.717, 1.165) is 17.6 Å². The monoisotopic (exact) mass is 469 g/mol. The lowest BCUT2D eigenvalue weighted by Crippen LogP contribution is -2.26. The molecule has 10 nitrogen and oxygen atoms in total. The molecule has 4 aromatic heterocycles. The number of methoxy groups -OCH3 is 1. The van der Waals surface area contributed by atoms with Gasteiger partial charge in [0.15, 0.2) is 5.82 Å². The lowest BCUT2D eigenvalue weighted by Gasteiger charge is -2.12. The molecule has 1 amide bonds. The summed E-state index contributed by atoms with van der Waals surface area (Å²) in [6.45, 7) is 2.85. The molecule has 5 rings (SSSR count). The number of hydrogen-bond acceptors (Lipinski definition) is 8. The van der Waals surface area contributed by atoms with Gasteiger partial charge in [0.1, 0.15) is 17.2 Å². The number of aromatic nitrogens is 5. The zero-order chi connectivity index (χ0) is 24.4. The number of anilines is 1. The summed E-state index contributed by atoms with van der Waals surface area (Å²) < 4.78 is 12.8. The summed E-state index contributed by atoms with van der Waals surface area (Å²) in [6.07, 6.45) is 5.66. The molecule has 0 bridgehead atoms. The molecule has 1 aliphatic heterocycles. The predicted octanol–water partition coefficient (Wildman–Crippen LogP) is 2.91. The smallest absolute Gasteiger partial charge is 0.298 e. The number of ether oxygens (including phenoxy) is 2. The molecule has 176 valence electrons. The van der Waals surface area contributed by atoms with Gasteiger partial charge in [0.05, 0.1) is 24.5 Å². The van der Waals surface area contributed by atoms with Crippen molar-refractivity contribution in [2.75, 3.05) is 25.9 Å². The number of likely N-dealkylation sites (tertiary alicyclic amines) is 1. The molecule has 0 saturated carbocycles. The van der Waals surface area contributed by atoms with Crippen LogP contribution in [0.4, 0.5) is 5.95 Å². The van der Waals surface area contributed by atoms with Crippen molar-refractivity contribution in [3.05, 3.63) is 54.6 Å². The van der Waals surface area contributed by atoms with E-state index in [4.69, 9.17) is 20.2 Å². The number of fused-ring (bicyclic) bond motifs is 1. The van der Waals surface area contributed by atoms with E-state index < -0.39 is 0 Å². The Kier molecular flexibility index (Phi) is 5.89. The van der Waals surface area contributed by atoms with Gasteiger partial charge in [0, 0.05) is 37.5 Å². The first-order valence-electron chi connectivity index (χ1n) is 11.1. The summed E-state index contributed by atoms with van der Waals surface area (Å²) in [7, 11) is 1.58. The Balaban J connectivity index is 1.45. The maximum absolute atomic E-state index is 12.2. The SMILES string of the molecule is CC#CC(=O)N1CCC(c2nc(-c3ccc(Oc4cc(OC)ccn4)cn3)n3c(N)nccc23)C1. The van der Waals surface area contributed by atoms with Crippen LogP contribution in [0.3, 0.4) is 0 Å². The normalized spacial score (nSPS) is 15.0. The van der Waals surface area contributed by atoms with Gasteiger partial charge in [-0.05, 0) is 43.5 Å². The highest BCUT2D eigenvalue weighted by Crippen LogP contribution is 2.33. The van der Waals surface area contributed by atoms with Gasteiger partial charge in [0.25, 0.3) is 5.91 Å². The summed E-state index contributed by atoms with van der Waals surface area (Å²) in [5.74, 6) is 7.62. The minimum Gasteiger partial charge on any atom is -0.497 e. The fourth-order valence-corrected chi connectivity index (χ4v) is 4.18. The van der Waals surface area contributed by atoms with Gasteiger partial charge in [-0.2, -0.15) is 0 Å². The number of amides is 1. The number of carbonyl (C=O) groups is 1. The number of nitrogens with two attached hydrogens (primary N) is 1. The van der Waals surface area contributed by atoms with Crippen molar-refractivity contribution in [2.24, 2.45) is 0 Å². The second kappa shape index (κ2) is 9.30. The highest BCUT2D eigenvalue weighted by Gasteiger charge is 2.31. The Labute approximate surface area is 201 Å². The van der Waals surface area contributed by atoms with Gasteiger partial charge < -0.3 is 20.1 Å². The molecular formula is C25H23N7O3. The third-order valence-corrected chi connectivity index (χ3v) is 5.83. The van der Waals surface area contributed by atoms with Crippen LogP contribution in [0.2, 0.25) is 0 Å². The van der Waals surface area contributed by atoms with Crippen molar-refractivity contribution < 1.29 is 14.3 Å². The molecular weight excluding hydrogens is 446 g/mol. The van der Waals surface area contributed by atoms with Crippen LogP contribution < -0.4 is 15.2 Å². The van der Waals surface area contributed by atoms with Gasteiger partial charge in [-0.1, -0.05) is 5.92 Å². The van der Waals surface area contributed by atoms with E-state index in [9.17, 15) is 4.79 Å². The minimum atomic E-state index is -0.164. The van der Waals surface area contributed by atoms with E-state index in [0.29, 0.717) is 47.9 Å². The topological polar surface area (TPSA) is 121 Å². The van der Waals surface area contributed by atoms with E-state index in [1.807, 2.05) is 12.1 Å². The molecule has 0 spiro atoms. The van der Waals surface area contributed by atoms with Crippen LogP contribution in [0.25, 0.3) is 17.0 Å². The minimum absolute atomic E-state index is 0.0601. The number of imidazole rings is 1. The summed E-state index contributed by atoms with van der Waals surface area (Å²) in [5, 5.41) is 0. The van der Waals surface area contributed by atoms with Crippen molar-refractivity contribution in [2.45, 2.75) is 19.3 Å². The van der Waals surface area contributed by atoms with Crippen LogP contribution in [0.15, 0.2) is 48.9 Å². The van der Waals surface area contributed by atoms with Crippen LogP contribution in [0.1, 0.15) is 25.0 Å². The van der Waals surface area contributed by atoms with Crippen molar-refractivity contribution in [3.8, 4) is 40.7 Å². The van der Waals surface area contributed by atoms with Gasteiger partial charge >= 0.3 is 0 Å². The number of nitrogen functional groups attached to an aromatic ring is 1. The van der Waals surface area contributed by atoms with E-state index in [-0.39, 0.29) is 11.8 Å². The van der Waals surface area contributed by atoms with Crippen LogP contribution in [-0.2, 0) is 4.79 Å². The summed E-state index contributed by atoms with van der Waals surface area (Å²) in [4.78, 5) is 31.9. The third kappa shape index (κ3) is 4.31. The number of rotatable bonds is 5. The largest absolute Gasteiger partial charge is 0.497 e. The van der Waals surface area contributed by atoms with Gasteiger partial charge in [0.2, 0.25) is 11.8 Å². The molecule has 0 radical (unpaired) electrons. The highest BCUT2D eigenvalue weighted by atomic mass is 16.5. The van der Waals surface area contributed by atoms with Gasteiger partial charge in [-0.15, -0.1) is 0 Å². The van der Waals surface area contributed by atoms with Crippen molar-refractivity contribution in [1.82, 2.24) is 29.2 Å². The number of carbonyl (C=O) groups excluding carboxylic acids is 1. The molecule has 0 aliphatic carbocycles. The van der Waals surface area contributed by atoms with Gasteiger partial charge in [-0.3, -0.25) is 9.20 Å². The maximum atomic E-state index is 12.2. The van der Waals surface area contributed by atoms with E-state index in [1.165, 1.54) is 0 Å². The van der Waals surface area contributed by atoms with Crippen LogP contribution in [0, 0.1) is 11.8 Å². The average molecular weight is 470 g/mol. The molecule has 1 atom stereocenters. The van der Waals surface area contributed by atoms with Gasteiger partial charge in [-0.25, -0.2) is 19.9 Å². The summed E-state index contributed by atoms with van der Waals surface area (Å²) in [6, 6.07) is 8.91. The van der Waals surface area contributed by atoms with E-state index in [1.54, 1.807) is 60.1 Å². The second-order valence-corrected chi connectivity index (χ2v) is 7.97. The molecule has 1 saturated heterocycles. The first-order valence-corrected chi connectivity index (χ1v) is 11.1. The average Bonchev–Trinajstić information content (AvgIpc) is 3.51. The Bertz CT molecular complexity index is 1450. The molecule has 4 aromatic rings. The molecule has 1 unspecified atom stereocenters. The molecule has 5 heterocycles. The highest BCUT2D eigenvalue weighted by molar-refractivity contribution is 5.93. The van der Waals surface area contributed by atoms with Crippen LogP contribution in [-0.4, -0.2) is 55.3 Å². The van der Waals surface area contributed by atoms with Crippen LogP contribution in [0.5, 0.6) is 17.4 Å². The predicted molar refractivity (Wildman–Crippen MR) is 129 cm³/mol. The molecule has 35 heavy (non-hydrogen) atoms.